The minimum Gasteiger partial charge on any atom is -0.312 e. The quantitative estimate of drug-likeness (QED) is 0.710. The van der Waals surface area contributed by atoms with Gasteiger partial charge in [-0.05, 0) is 43.7 Å². The molecule has 0 aliphatic rings. The van der Waals surface area contributed by atoms with E-state index in [0.29, 0.717) is 0 Å². The van der Waals surface area contributed by atoms with Gasteiger partial charge in [-0.25, -0.2) is 4.68 Å². The van der Waals surface area contributed by atoms with Gasteiger partial charge in [0.1, 0.15) is 5.52 Å². The molecule has 0 saturated heterocycles. The predicted octanol–water partition coefficient (Wildman–Crippen LogP) is 3.35. The number of nitrogens with one attached hydrogen (secondary N) is 1. The standard InChI is InChI=1S/C16H20N4S/c1-3-8-17-10-14-9-13(12(2)21-14)11-20-16-7-5-4-6-15(16)18-19-20/h4-7,9,17H,3,8,10-11H2,1-2H3. The zero-order chi connectivity index (χ0) is 14.7. The molecular formula is C16H20N4S. The number of aryl methyl sites for hydroxylation is 1. The normalized spacial score (nSPS) is 11.3. The summed E-state index contributed by atoms with van der Waals surface area (Å²) in [4.78, 5) is 2.75. The van der Waals surface area contributed by atoms with Crippen molar-refractivity contribution in [3.05, 3.63) is 45.6 Å². The van der Waals surface area contributed by atoms with Crippen LogP contribution in [0.4, 0.5) is 0 Å². The molecule has 1 aromatic carbocycles. The molecule has 110 valence electrons. The van der Waals surface area contributed by atoms with Gasteiger partial charge >= 0.3 is 0 Å². The van der Waals surface area contributed by atoms with Crippen LogP contribution in [-0.4, -0.2) is 21.5 Å². The Morgan fingerprint density at radius 1 is 1.29 bits per heavy atom. The molecule has 0 amide bonds. The topological polar surface area (TPSA) is 42.7 Å². The first kappa shape index (κ1) is 14.2. The molecule has 0 bridgehead atoms. The number of thiophene rings is 1. The highest BCUT2D eigenvalue weighted by Gasteiger charge is 2.09. The predicted molar refractivity (Wildman–Crippen MR) is 87.7 cm³/mol. The Balaban J connectivity index is 1.78. The average molecular weight is 300 g/mol. The van der Waals surface area contributed by atoms with Crippen LogP contribution in [0.2, 0.25) is 0 Å². The molecule has 2 aromatic heterocycles. The molecule has 5 heteroatoms. The molecular weight excluding hydrogens is 280 g/mol. The van der Waals surface area contributed by atoms with Gasteiger partial charge < -0.3 is 5.32 Å². The Morgan fingerprint density at radius 3 is 3.00 bits per heavy atom. The molecule has 1 N–H and O–H groups in total. The molecule has 0 spiro atoms. The molecule has 0 saturated carbocycles. The van der Waals surface area contributed by atoms with Crippen molar-refractivity contribution in [2.24, 2.45) is 0 Å². The van der Waals surface area contributed by atoms with Crippen LogP contribution in [0.25, 0.3) is 11.0 Å². The SMILES string of the molecule is CCCNCc1cc(Cn2nnc3ccccc32)c(C)s1. The van der Waals surface area contributed by atoms with Crippen molar-refractivity contribution in [3.63, 3.8) is 0 Å². The van der Waals surface area contributed by atoms with E-state index in [-0.39, 0.29) is 0 Å². The van der Waals surface area contributed by atoms with Gasteiger partial charge in [-0.2, -0.15) is 0 Å². The molecule has 3 rings (SSSR count). The summed E-state index contributed by atoms with van der Waals surface area (Å²) in [6.45, 7) is 7.18. The van der Waals surface area contributed by atoms with Gasteiger partial charge in [-0.15, -0.1) is 16.4 Å². The fourth-order valence-electron chi connectivity index (χ4n) is 2.42. The molecule has 0 aliphatic carbocycles. The van der Waals surface area contributed by atoms with Crippen LogP contribution < -0.4 is 5.32 Å². The molecule has 0 unspecified atom stereocenters. The van der Waals surface area contributed by atoms with E-state index in [4.69, 9.17) is 0 Å². The van der Waals surface area contributed by atoms with Crippen LogP contribution in [0, 0.1) is 6.92 Å². The lowest BCUT2D eigenvalue weighted by Crippen LogP contribution is -2.12. The highest BCUT2D eigenvalue weighted by molar-refractivity contribution is 7.12. The van der Waals surface area contributed by atoms with Crippen LogP contribution in [0.1, 0.15) is 28.7 Å². The second kappa shape index (κ2) is 6.37. The van der Waals surface area contributed by atoms with Crippen molar-refractivity contribution in [1.82, 2.24) is 20.3 Å². The minimum absolute atomic E-state index is 0.788. The summed E-state index contributed by atoms with van der Waals surface area (Å²) in [5, 5.41) is 11.9. The van der Waals surface area contributed by atoms with Crippen LogP contribution >= 0.6 is 11.3 Å². The fraction of sp³-hybridized carbons (Fsp3) is 0.375. The molecule has 0 fully saturated rings. The molecule has 2 heterocycles. The number of aromatic nitrogens is 3. The van der Waals surface area contributed by atoms with Gasteiger partial charge in [0.15, 0.2) is 0 Å². The van der Waals surface area contributed by atoms with Crippen molar-refractivity contribution in [2.75, 3.05) is 6.54 Å². The number of rotatable bonds is 6. The summed E-state index contributed by atoms with van der Waals surface area (Å²) in [6.07, 6.45) is 1.17. The van der Waals surface area contributed by atoms with E-state index in [1.54, 1.807) is 0 Å². The van der Waals surface area contributed by atoms with Crippen LogP contribution in [0.15, 0.2) is 30.3 Å². The van der Waals surface area contributed by atoms with Crippen molar-refractivity contribution < 1.29 is 0 Å². The zero-order valence-corrected chi connectivity index (χ0v) is 13.3. The summed E-state index contributed by atoms with van der Waals surface area (Å²) < 4.78 is 1.98. The number of nitrogens with zero attached hydrogens (tertiary/aromatic N) is 3. The highest BCUT2D eigenvalue weighted by Crippen LogP contribution is 2.23. The Kier molecular flexibility index (Phi) is 4.31. The lowest BCUT2D eigenvalue weighted by atomic mass is 10.2. The van der Waals surface area contributed by atoms with E-state index >= 15 is 0 Å². The van der Waals surface area contributed by atoms with Crippen molar-refractivity contribution >= 4 is 22.4 Å². The summed E-state index contributed by atoms with van der Waals surface area (Å²) in [5.41, 5.74) is 3.38. The average Bonchev–Trinajstić information content (AvgIpc) is 3.05. The van der Waals surface area contributed by atoms with Crippen molar-refractivity contribution in [1.29, 1.82) is 0 Å². The van der Waals surface area contributed by atoms with Crippen LogP contribution in [0.5, 0.6) is 0 Å². The van der Waals surface area contributed by atoms with E-state index in [0.717, 1.165) is 30.7 Å². The first-order valence-electron chi connectivity index (χ1n) is 7.35. The van der Waals surface area contributed by atoms with Crippen LogP contribution in [0.3, 0.4) is 0 Å². The third-order valence-electron chi connectivity index (χ3n) is 3.54. The minimum atomic E-state index is 0.788. The Hall–Kier alpha value is -1.72. The molecule has 4 nitrogen and oxygen atoms in total. The molecule has 0 atom stereocenters. The number of hydrogen-bond acceptors (Lipinski definition) is 4. The number of hydrogen-bond donors (Lipinski definition) is 1. The van der Waals surface area contributed by atoms with E-state index in [1.165, 1.54) is 21.7 Å². The van der Waals surface area contributed by atoms with Gasteiger partial charge in [0, 0.05) is 16.3 Å². The van der Waals surface area contributed by atoms with Crippen LogP contribution in [-0.2, 0) is 13.1 Å². The van der Waals surface area contributed by atoms with Gasteiger partial charge in [0.05, 0.1) is 12.1 Å². The summed E-state index contributed by atoms with van der Waals surface area (Å²) in [6, 6.07) is 10.4. The van der Waals surface area contributed by atoms with Gasteiger partial charge in [0.25, 0.3) is 0 Å². The number of para-hydroxylation sites is 1. The summed E-state index contributed by atoms with van der Waals surface area (Å²) >= 11 is 1.87. The van der Waals surface area contributed by atoms with E-state index in [1.807, 2.05) is 34.2 Å². The molecule has 3 aromatic rings. The third-order valence-corrected chi connectivity index (χ3v) is 4.63. The number of fused-ring (bicyclic) bond motifs is 1. The molecule has 21 heavy (non-hydrogen) atoms. The zero-order valence-electron chi connectivity index (χ0n) is 12.5. The Labute approximate surface area is 128 Å². The van der Waals surface area contributed by atoms with Gasteiger partial charge in [0.2, 0.25) is 0 Å². The lowest BCUT2D eigenvalue weighted by Gasteiger charge is -2.01. The Morgan fingerprint density at radius 2 is 2.14 bits per heavy atom. The highest BCUT2D eigenvalue weighted by atomic mass is 32.1. The maximum absolute atomic E-state index is 4.27. The van der Waals surface area contributed by atoms with E-state index in [9.17, 15) is 0 Å². The Bertz CT molecular complexity index is 729. The van der Waals surface area contributed by atoms with Crippen molar-refractivity contribution in [3.8, 4) is 0 Å². The lowest BCUT2D eigenvalue weighted by molar-refractivity contribution is 0.666. The summed E-state index contributed by atoms with van der Waals surface area (Å²) in [5.74, 6) is 0. The third kappa shape index (κ3) is 3.14. The van der Waals surface area contributed by atoms with E-state index < -0.39 is 0 Å². The second-order valence-corrected chi connectivity index (χ2v) is 6.55. The molecule has 0 aliphatic heterocycles. The first-order valence-corrected chi connectivity index (χ1v) is 8.16. The van der Waals surface area contributed by atoms with Gasteiger partial charge in [-0.1, -0.05) is 24.3 Å². The largest absolute Gasteiger partial charge is 0.312 e. The smallest absolute Gasteiger partial charge is 0.113 e. The monoisotopic (exact) mass is 300 g/mol. The molecule has 0 radical (unpaired) electrons. The maximum Gasteiger partial charge on any atom is 0.113 e. The summed E-state index contributed by atoms with van der Waals surface area (Å²) in [7, 11) is 0. The van der Waals surface area contributed by atoms with Gasteiger partial charge in [-0.3, -0.25) is 0 Å². The van der Waals surface area contributed by atoms with Crippen molar-refractivity contribution in [2.45, 2.75) is 33.4 Å². The maximum atomic E-state index is 4.27. The second-order valence-electron chi connectivity index (χ2n) is 5.21. The first-order chi connectivity index (χ1) is 10.3. The number of benzene rings is 1. The fourth-order valence-corrected chi connectivity index (χ4v) is 3.44. The van der Waals surface area contributed by atoms with E-state index in [2.05, 4.69) is 41.6 Å².